The lowest BCUT2D eigenvalue weighted by Gasteiger charge is -2.33. The monoisotopic (exact) mass is 289 g/mol. The van der Waals surface area contributed by atoms with E-state index in [1.54, 1.807) is 0 Å². The second-order valence-electron chi connectivity index (χ2n) is 6.02. The van der Waals surface area contributed by atoms with Crippen molar-refractivity contribution in [2.75, 3.05) is 5.73 Å². The lowest BCUT2D eigenvalue weighted by molar-refractivity contribution is -0.133. The predicted octanol–water partition coefficient (Wildman–Crippen LogP) is 1.06. The van der Waals surface area contributed by atoms with E-state index in [4.69, 9.17) is 5.73 Å². The Morgan fingerprint density at radius 3 is 2.67 bits per heavy atom. The van der Waals surface area contributed by atoms with Crippen molar-refractivity contribution in [3.8, 4) is 0 Å². The molecule has 7 nitrogen and oxygen atoms in total. The number of carbonyl (C=O) groups is 2. The largest absolute Gasteiger partial charge is 0.382 e. The number of imide groups is 1. The van der Waals surface area contributed by atoms with Crippen molar-refractivity contribution in [2.24, 2.45) is 5.92 Å². The molecule has 3 amide bonds. The molecule has 0 bridgehead atoms. The van der Waals surface area contributed by atoms with Crippen molar-refractivity contribution in [1.82, 2.24) is 20.2 Å². The number of hydrogen-bond acceptors (Lipinski definition) is 5. The van der Waals surface area contributed by atoms with Crippen molar-refractivity contribution >= 4 is 17.8 Å². The highest BCUT2D eigenvalue weighted by Gasteiger charge is 2.51. The van der Waals surface area contributed by atoms with E-state index in [1.807, 2.05) is 0 Å². The summed E-state index contributed by atoms with van der Waals surface area (Å²) in [7, 11) is 0. The molecule has 1 saturated heterocycles. The standard InChI is InChI=1S/C14H19N5O2/c1-9-2-4-14(5-3-9)12(20)19(13(21)18-14)8-10-6-17-11(15)7-16-10/h6-7,9H,2-5,8H2,1H3,(H2,15,17)(H,18,21). The summed E-state index contributed by atoms with van der Waals surface area (Å²) in [6, 6.07) is -0.340. The van der Waals surface area contributed by atoms with Crippen LogP contribution in [0.5, 0.6) is 0 Å². The maximum Gasteiger partial charge on any atom is 0.325 e. The Morgan fingerprint density at radius 2 is 2.05 bits per heavy atom. The molecule has 1 aliphatic carbocycles. The van der Waals surface area contributed by atoms with E-state index >= 15 is 0 Å². The molecule has 112 valence electrons. The summed E-state index contributed by atoms with van der Waals surface area (Å²) < 4.78 is 0. The number of urea groups is 1. The molecule has 1 saturated carbocycles. The average molecular weight is 289 g/mol. The molecule has 2 fully saturated rings. The fraction of sp³-hybridized carbons (Fsp3) is 0.571. The van der Waals surface area contributed by atoms with Crippen LogP contribution in [0.1, 0.15) is 38.3 Å². The zero-order valence-electron chi connectivity index (χ0n) is 12.0. The minimum absolute atomic E-state index is 0.134. The molecule has 1 spiro atoms. The first kappa shape index (κ1) is 13.8. The molecule has 2 heterocycles. The fourth-order valence-electron chi connectivity index (χ4n) is 3.02. The molecule has 1 aromatic rings. The molecule has 2 aliphatic rings. The number of nitrogen functional groups attached to an aromatic ring is 1. The van der Waals surface area contributed by atoms with Crippen LogP contribution >= 0.6 is 0 Å². The number of nitrogens with one attached hydrogen (secondary N) is 1. The molecule has 3 N–H and O–H groups in total. The Hall–Kier alpha value is -2.18. The second kappa shape index (κ2) is 4.98. The minimum Gasteiger partial charge on any atom is -0.382 e. The molecular weight excluding hydrogens is 270 g/mol. The van der Waals surface area contributed by atoms with Gasteiger partial charge in [0.05, 0.1) is 24.6 Å². The van der Waals surface area contributed by atoms with Gasteiger partial charge in [-0.2, -0.15) is 0 Å². The van der Waals surface area contributed by atoms with Crippen LogP contribution in [0.25, 0.3) is 0 Å². The summed E-state index contributed by atoms with van der Waals surface area (Å²) in [5.41, 5.74) is 5.33. The zero-order valence-corrected chi connectivity index (χ0v) is 12.0. The first-order valence-corrected chi connectivity index (χ1v) is 7.21. The Kier molecular flexibility index (Phi) is 3.27. The van der Waals surface area contributed by atoms with Crippen LogP contribution in [0.15, 0.2) is 12.4 Å². The lowest BCUT2D eigenvalue weighted by Crippen LogP contribution is -2.49. The highest BCUT2D eigenvalue weighted by atomic mass is 16.2. The SMILES string of the molecule is CC1CCC2(CC1)NC(=O)N(Cc1cnc(N)cn1)C2=O. The summed E-state index contributed by atoms with van der Waals surface area (Å²) in [6.45, 7) is 2.31. The number of amides is 3. The van der Waals surface area contributed by atoms with Crippen molar-refractivity contribution in [1.29, 1.82) is 0 Å². The highest BCUT2D eigenvalue weighted by Crippen LogP contribution is 2.36. The third-order valence-corrected chi connectivity index (χ3v) is 4.42. The molecule has 0 radical (unpaired) electrons. The molecule has 0 atom stereocenters. The zero-order chi connectivity index (χ0) is 15.0. The van der Waals surface area contributed by atoms with Gasteiger partial charge in [0, 0.05) is 0 Å². The van der Waals surface area contributed by atoms with Gasteiger partial charge in [0.1, 0.15) is 11.4 Å². The first-order chi connectivity index (χ1) is 10.00. The van der Waals surface area contributed by atoms with Gasteiger partial charge in [-0.25, -0.2) is 9.78 Å². The predicted molar refractivity (Wildman–Crippen MR) is 75.9 cm³/mol. The Labute approximate surface area is 122 Å². The van der Waals surface area contributed by atoms with Gasteiger partial charge < -0.3 is 11.1 Å². The second-order valence-corrected chi connectivity index (χ2v) is 6.02. The number of aromatic nitrogens is 2. The molecular formula is C14H19N5O2. The lowest BCUT2D eigenvalue weighted by atomic mass is 9.77. The molecule has 1 aliphatic heterocycles. The number of nitrogens with zero attached hydrogens (tertiary/aromatic N) is 3. The van der Waals surface area contributed by atoms with Crippen molar-refractivity contribution < 1.29 is 9.59 Å². The van der Waals surface area contributed by atoms with Crippen LogP contribution in [-0.2, 0) is 11.3 Å². The fourth-order valence-corrected chi connectivity index (χ4v) is 3.02. The van der Waals surface area contributed by atoms with Gasteiger partial charge in [0.2, 0.25) is 0 Å². The number of carbonyl (C=O) groups excluding carboxylic acids is 2. The van der Waals surface area contributed by atoms with Gasteiger partial charge in [-0.3, -0.25) is 14.7 Å². The highest BCUT2D eigenvalue weighted by molar-refractivity contribution is 6.07. The van der Waals surface area contributed by atoms with Crippen LogP contribution in [0.2, 0.25) is 0 Å². The van der Waals surface area contributed by atoms with Crippen LogP contribution in [0.3, 0.4) is 0 Å². The summed E-state index contributed by atoms with van der Waals surface area (Å²) >= 11 is 0. The summed E-state index contributed by atoms with van der Waals surface area (Å²) in [5.74, 6) is 0.782. The van der Waals surface area contributed by atoms with E-state index in [0.717, 1.165) is 12.8 Å². The number of hydrogen-bond donors (Lipinski definition) is 2. The molecule has 0 aromatic carbocycles. The normalized spacial score (nSPS) is 29.0. The maximum absolute atomic E-state index is 12.6. The molecule has 7 heteroatoms. The van der Waals surface area contributed by atoms with E-state index in [-0.39, 0.29) is 18.5 Å². The number of anilines is 1. The number of nitrogens with two attached hydrogens (primary N) is 1. The molecule has 21 heavy (non-hydrogen) atoms. The summed E-state index contributed by atoms with van der Waals surface area (Å²) in [5, 5.41) is 2.89. The topological polar surface area (TPSA) is 101 Å². The quantitative estimate of drug-likeness (QED) is 0.793. The van der Waals surface area contributed by atoms with Gasteiger partial charge in [0.25, 0.3) is 5.91 Å². The van der Waals surface area contributed by atoms with Gasteiger partial charge in [0.15, 0.2) is 0 Å². The van der Waals surface area contributed by atoms with Crippen molar-refractivity contribution in [2.45, 2.75) is 44.7 Å². The van der Waals surface area contributed by atoms with E-state index in [2.05, 4.69) is 22.2 Å². The van der Waals surface area contributed by atoms with Gasteiger partial charge in [-0.1, -0.05) is 6.92 Å². The van der Waals surface area contributed by atoms with Crippen LogP contribution in [0, 0.1) is 5.92 Å². The molecule has 1 aromatic heterocycles. The third-order valence-electron chi connectivity index (χ3n) is 4.42. The Balaban J connectivity index is 1.76. The van der Waals surface area contributed by atoms with Gasteiger partial charge in [-0.15, -0.1) is 0 Å². The van der Waals surface area contributed by atoms with E-state index in [1.165, 1.54) is 17.3 Å². The van der Waals surface area contributed by atoms with E-state index in [0.29, 0.717) is 30.3 Å². The Morgan fingerprint density at radius 1 is 1.33 bits per heavy atom. The van der Waals surface area contributed by atoms with E-state index < -0.39 is 5.54 Å². The van der Waals surface area contributed by atoms with E-state index in [9.17, 15) is 9.59 Å². The van der Waals surface area contributed by atoms with Crippen LogP contribution < -0.4 is 11.1 Å². The van der Waals surface area contributed by atoms with Crippen molar-refractivity contribution in [3.63, 3.8) is 0 Å². The van der Waals surface area contributed by atoms with Gasteiger partial charge in [-0.05, 0) is 31.6 Å². The molecule has 3 rings (SSSR count). The third kappa shape index (κ3) is 2.43. The van der Waals surface area contributed by atoms with Crippen molar-refractivity contribution in [3.05, 3.63) is 18.1 Å². The van der Waals surface area contributed by atoms with Gasteiger partial charge >= 0.3 is 6.03 Å². The molecule has 0 unspecified atom stereocenters. The van der Waals surface area contributed by atoms with Crippen LogP contribution in [0.4, 0.5) is 10.6 Å². The Bertz CT molecular complexity index is 563. The smallest absolute Gasteiger partial charge is 0.325 e. The average Bonchev–Trinajstić information content (AvgIpc) is 2.69. The van der Waals surface area contributed by atoms with Crippen LogP contribution in [-0.4, -0.2) is 32.3 Å². The number of rotatable bonds is 2. The first-order valence-electron chi connectivity index (χ1n) is 7.21. The summed E-state index contributed by atoms with van der Waals surface area (Å²) in [4.78, 5) is 34.0. The maximum atomic E-state index is 12.6. The minimum atomic E-state index is -0.704. The summed E-state index contributed by atoms with van der Waals surface area (Å²) in [6.07, 6.45) is 6.25.